The number of Topliss-reactive ketones (excluding diaryl/α,β-unsaturated/α-hetero) is 1. The molecule has 0 atom stereocenters. The average Bonchev–Trinajstić information content (AvgIpc) is 2.51. The van der Waals surface area contributed by atoms with E-state index in [4.69, 9.17) is 9.47 Å². The molecular weight excluding hydrogens is 339 g/mol. The van der Waals surface area contributed by atoms with Crippen LogP contribution in [0.2, 0.25) is 0 Å². The van der Waals surface area contributed by atoms with Crippen LogP contribution in [0.15, 0.2) is 40.9 Å². The van der Waals surface area contributed by atoms with Crippen LogP contribution in [-0.2, 0) is 6.42 Å². The van der Waals surface area contributed by atoms with Crippen LogP contribution in [0.3, 0.4) is 0 Å². The summed E-state index contributed by atoms with van der Waals surface area (Å²) in [6.07, 6.45) is 0.105. The fourth-order valence-corrected chi connectivity index (χ4v) is 2.37. The Bertz CT molecular complexity index is 671. The molecule has 0 N–H and O–H groups in total. The number of rotatable bonds is 5. The summed E-state index contributed by atoms with van der Waals surface area (Å²) in [5, 5.41) is 0. The second kappa shape index (κ2) is 6.72. The van der Waals surface area contributed by atoms with Crippen LogP contribution in [0.1, 0.15) is 15.9 Å². The second-order valence-corrected chi connectivity index (χ2v) is 5.18. The van der Waals surface area contributed by atoms with Crippen molar-refractivity contribution in [3.8, 4) is 11.5 Å². The Morgan fingerprint density at radius 3 is 2.52 bits per heavy atom. The molecule has 0 amide bonds. The summed E-state index contributed by atoms with van der Waals surface area (Å²) >= 11 is 3.16. The normalized spacial score (nSPS) is 10.3. The number of carbonyl (C=O) groups excluding carboxylic acids is 1. The van der Waals surface area contributed by atoms with Gasteiger partial charge >= 0.3 is 0 Å². The monoisotopic (exact) mass is 352 g/mol. The van der Waals surface area contributed by atoms with Crippen LogP contribution in [0.4, 0.5) is 4.39 Å². The van der Waals surface area contributed by atoms with Gasteiger partial charge in [0.2, 0.25) is 0 Å². The molecule has 0 aliphatic rings. The highest BCUT2D eigenvalue weighted by Gasteiger charge is 2.14. The van der Waals surface area contributed by atoms with Gasteiger partial charge in [0.05, 0.1) is 18.7 Å². The van der Waals surface area contributed by atoms with Crippen molar-refractivity contribution in [2.24, 2.45) is 0 Å². The minimum absolute atomic E-state index is 0.105. The Morgan fingerprint density at radius 1 is 1.14 bits per heavy atom. The van der Waals surface area contributed by atoms with Gasteiger partial charge in [-0.1, -0.05) is 12.1 Å². The molecule has 2 aromatic rings. The second-order valence-electron chi connectivity index (χ2n) is 4.38. The molecule has 0 spiro atoms. The molecule has 0 aliphatic heterocycles. The molecule has 2 aromatic carbocycles. The van der Waals surface area contributed by atoms with Gasteiger partial charge in [-0.25, -0.2) is 4.39 Å². The molecule has 0 fully saturated rings. The summed E-state index contributed by atoms with van der Waals surface area (Å²) in [6.45, 7) is 0. The first-order valence-electron chi connectivity index (χ1n) is 6.25. The maximum atomic E-state index is 13.5. The van der Waals surface area contributed by atoms with E-state index in [9.17, 15) is 9.18 Å². The minimum Gasteiger partial charge on any atom is -0.493 e. The number of halogens is 2. The molecule has 0 heterocycles. The summed E-state index contributed by atoms with van der Waals surface area (Å²) in [6, 6.07) is 9.59. The molecule has 0 aromatic heterocycles. The maximum Gasteiger partial charge on any atom is 0.167 e. The number of ether oxygens (including phenoxy) is 2. The van der Waals surface area contributed by atoms with Gasteiger partial charge in [-0.3, -0.25) is 4.79 Å². The van der Waals surface area contributed by atoms with Crippen LogP contribution in [0.25, 0.3) is 0 Å². The highest BCUT2D eigenvalue weighted by Crippen LogP contribution is 2.28. The van der Waals surface area contributed by atoms with Gasteiger partial charge in [0.25, 0.3) is 0 Å². The lowest BCUT2D eigenvalue weighted by molar-refractivity contribution is 0.0992. The van der Waals surface area contributed by atoms with E-state index in [-0.39, 0.29) is 18.0 Å². The molecule has 0 aliphatic carbocycles. The lowest BCUT2D eigenvalue weighted by Gasteiger charge is -2.09. The van der Waals surface area contributed by atoms with Gasteiger partial charge < -0.3 is 9.47 Å². The van der Waals surface area contributed by atoms with E-state index >= 15 is 0 Å². The van der Waals surface area contributed by atoms with Gasteiger partial charge in [0, 0.05) is 12.0 Å². The van der Waals surface area contributed by atoms with E-state index in [0.717, 1.165) is 0 Å². The third kappa shape index (κ3) is 3.42. The predicted octanol–water partition coefficient (Wildman–Crippen LogP) is 4.03. The van der Waals surface area contributed by atoms with E-state index in [1.54, 1.807) is 30.3 Å². The van der Waals surface area contributed by atoms with E-state index in [1.807, 2.05) is 0 Å². The van der Waals surface area contributed by atoms with E-state index < -0.39 is 0 Å². The van der Waals surface area contributed by atoms with E-state index in [0.29, 0.717) is 27.1 Å². The average molecular weight is 353 g/mol. The lowest BCUT2D eigenvalue weighted by atomic mass is 10.0. The van der Waals surface area contributed by atoms with E-state index in [2.05, 4.69) is 15.9 Å². The van der Waals surface area contributed by atoms with Crippen LogP contribution >= 0.6 is 15.9 Å². The topological polar surface area (TPSA) is 35.5 Å². The van der Waals surface area contributed by atoms with Crippen LogP contribution in [0, 0.1) is 5.82 Å². The molecule has 0 bridgehead atoms. The molecule has 2 rings (SSSR count). The van der Waals surface area contributed by atoms with Gasteiger partial charge in [-0.2, -0.15) is 0 Å². The Hall–Kier alpha value is -1.88. The quantitative estimate of drug-likeness (QED) is 0.762. The standard InChI is InChI=1S/C16H14BrFO3/c1-20-14-7-6-10(9-15(14)21-2)13(19)8-11-4-3-5-12(18)16(11)17/h3-7,9H,8H2,1-2H3. The predicted molar refractivity (Wildman–Crippen MR) is 81.7 cm³/mol. The van der Waals surface area contributed by atoms with Crippen LogP contribution in [0.5, 0.6) is 11.5 Å². The van der Waals surface area contributed by atoms with Crippen molar-refractivity contribution < 1.29 is 18.7 Å². The molecule has 5 heteroatoms. The highest BCUT2D eigenvalue weighted by molar-refractivity contribution is 9.10. The Kier molecular flexibility index (Phi) is 4.96. The molecular formula is C16H14BrFO3. The number of hydrogen-bond acceptors (Lipinski definition) is 3. The zero-order chi connectivity index (χ0) is 15.4. The van der Waals surface area contributed by atoms with Gasteiger partial charge in [-0.05, 0) is 45.8 Å². The minimum atomic E-state index is -0.382. The number of benzene rings is 2. The van der Waals surface area contributed by atoms with Crippen molar-refractivity contribution in [3.05, 3.63) is 57.8 Å². The van der Waals surface area contributed by atoms with Crippen molar-refractivity contribution in [1.82, 2.24) is 0 Å². The number of methoxy groups -OCH3 is 2. The maximum absolute atomic E-state index is 13.5. The van der Waals surface area contributed by atoms with Gasteiger partial charge in [0.15, 0.2) is 17.3 Å². The van der Waals surface area contributed by atoms with Crippen molar-refractivity contribution in [3.63, 3.8) is 0 Å². The van der Waals surface area contributed by atoms with Gasteiger partial charge in [0.1, 0.15) is 5.82 Å². The summed E-state index contributed by atoms with van der Waals surface area (Å²) in [4.78, 5) is 12.3. The first-order valence-corrected chi connectivity index (χ1v) is 7.04. The zero-order valence-electron chi connectivity index (χ0n) is 11.7. The molecule has 0 saturated carbocycles. The zero-order valence-corrected chi connectivity index (χ0v) is 13.2. The van der Waals surface area contributed by atoms with E-state index in [1.165, 1.54) is 20.3 Å². The summed E-state index contributed by atoms with van der Waals surface area (Å²) in [5.74, 6) is 0.539. The Morgan fingerprint density at radius 2 is 1.86 bits per heavy atom. The molecule has 0 radical (unpaired) electrons. The van der Waals surface area contributed by atoms with Crippen LogP contribution in [-0.4, -0.2) is 20.0 Å². The third-order valence-electron chi connectivity index (χ3n) is 3.09. The molecule has 3 nitrogen and oxygen atoms in total. The SMILES string of the molecule is COc1ccc(C(=O)Cc2cccc(F)c2Br)cc1OC. The molecule has 0 unspecified atom stereocenters. The van der Waals surface area contributed by atoms with Crippen molar-refractivity contribution in [2.75, 3.05) is 14.2 Å². The Balaban J connectivity index is 2.26. The highest BCUT2D eigenvalue weighted by atomic mass is 79.9. The number of carbonyl (C=O) groups is 1. The summed E-state index contributed by atoms with van der Waals surface area (Å²) < 4.78 is 24.1. The molecule has 110 valence electrons. The molecule has 21 heavy (non-hydrogen) atoms. The first kappa shape index (κ1) is 15.5. The first-order chi connectivity index (χ1) is 10.1. The van der Waals surface area contributed by atoms with Crippen molar-refractivity contribution in [1.29, 1.82) is 0 Å². The van der Waals surface area contributed by atoms with Crippen molar-refractivity contribution >= 4 is 21.7 Å². The number of ketones is 1. The molecule has 0 saturated heterocycles. The largest absolute Gasteiger partial charge is 0.493 e. The third-order valence-corrected chi connectivity index (χ3v) is 3.98. The Labute approximate surface area is 130 Å². The summed E-state index contributed by atoms with van der Waals surface area (Å²) in [5.41, 5.74) is 1.10. The fourth-order valence-electron chi connectivity index (χ4n) is 1.97. The van der Waals surface area contributed by atoms with Crippen molar-refractivity contribution in [2.45, 2.75) is 6.42 Å². The smallest absolute Gasteiger partial charge is 0.167 e. The summed E-state index contributed by atoms with van der Waals surface area (Å²) in [7, 11) is 3.04. The lowest BCUT2D eigenvalue weighted by Crippen LogP contribution is -2.05. The van der Waals surface area contributed by atoms with Gasteiger partial charge in [-0.15, -0.1) is 0 Å². The fraction of sp³-hybridized carbons (Fsp3) is 0.188. The van der Waals surface area contributed by atoms with Crippen LogP contribution < -0.4 is 9.47 Å². The number of hydrogen-bond donors (Lipinski definition) is 0.